The number of alkyl halides is 2. The van der Waals surface area contributed by atoms with Crippen LogP contribution in [0.2, 0.25) is 5.02 Å². The molecule has 0 N–H and O–H groups in total. The predicted octanol–water partition coefficient (Wildman–Crippen LogP) is 5.39. The number of ether oxygens (including phenoxy) is 2. The van der Waals surface area contributed by atoms with E-state index >= 15 is 0 Å². The zero-order chi connectivity index (χ0) is 21.8. The number of Topliss-reactive ketones (excluding diaryl/α,β-unsaturated/α-hetero) is 1. The fourth-order valence-corrected chi connectivity index (χ4v) is 3.22. The lowest BCUT2D eigenvalue weighted by molar-refractivity contribution is -0.0498. The van der Waals surface area contributed by atoms with Crippen molar-refractivity contribution in [2.45, 2.75) is 20.5 Å². The van der Waals surface area contributed by atoms with Crippen molar-refractivity contribution in [3.8, 4) is 11.4 Å². The number of hydrogen-bond donors (Lipinski definition) is 0. The maximum atomic E-state index is 12.6. The van der Waals surface area contributed by atoms with E-state index in [1.165, 1.54) is 24.3 Å². The number of ketones is 1. The van der Waals surface area contributed by atoms with Gasteiger partial charge in [-0.15, -0.1) is 0 Å². The van der Waals surface area contributed by atoms with Crippen molar-refractivity contribution >= 4 is 23.4 Å². The molecule has 30 heavy (non-hydrogen) atoms. The first-order chi connectivity index (χ1) is 14.3. The van der Waals surface area contributed by atoms with E-state index in [4.69, 9.17) is 16.3 Å². The third-order valence-corrected chi connectivity index (χ3v) is 4.72. The molecule has 0 aliphatic carbocycles. The van der Waals surface area contributed by atoms with Crippen LogP contribution in [-0.4, -0.2) is 29.5 Å². The Hall–Kier alpha value is -3.19. The molecule has 0 radical (unpaired) electrons. The molecular formula is C22H18ClF2NO4. The van der Waals surface area contributed by atoms with Crippen LogP contribution in [0.4, 0.5) is 8.78 Å². The largest absolute Gasteiger partial charge is 0.454 e. The van der Waals surface area contributed by atoms with E-state index < -0.39 is 19.2 Å². The summed E-state index contributed by atoms with van der Waals surface area (Å²) in [5.41, 5.74) is 2.79. The minimum atomic E-state index is -2.90. The molecule has 0 saturated carbocycles. The van der Waals surface area contributed by atoms with Crippen molar-refractivity contribution in [3.63, 3.8) is 0 Å². The number of carbonyl (C=O) groups is 2. The molecule has 0 fully saturated rings. The minimum absolute atomic E-state index is 0.0432. The number of aryl methyl sites for hydroxylation is 1. The van der Waals surface area contributed by atoms with Crippen LogP contribution in [0.1, 0.15) is 32.1 Å². The summed E-state index contributed by atoms with van der Waals surface area (Å²) < 4.78 is 35.9. The molecule has 3 aromatic rings. The molecule has 0 aliphatic rings. The molecule has 156 valence electrons. The van der Waals surface area contributed by atoms with E-state index in [1.807, 2.05) is 6.92 Å². The van der Waals surface area contributed by atoms with Crippen molar-refractivity contribution in [3.05, 3.63) is 82.1 Å². The van der Waals surface area contributed by atoms with Gasteiger partial charge in [-0.3, -0.25) is 4.79 Å². The first-order valence-electron chi connectivity index (χ1n) is 8.96. The van der Waals surface area contributed by atoms with Crippen molar-refractivity contribution < 1.29 is 27.8 Å². The van der Waals surface area contributed by atoms with Gasteiger partial charge < -0.3 is 14.0 Å². The Bertz CT molecular complexity index is 1060. The normalized spacial score (nSPS) is 10.9. The van der Waals surface area contributed by atoms with Gasteiger partial charge in [-0.1, -0.05) is 11.6 Å². The number of carbonyl (C=O) groups excluding carboxylic acids is 2. The highest BCUT2D eigenvalue weighted by Gasteiger charge is 2.19. The summed E-state index contributed by atoms with van der Waals surface area (Å²) in [6.45, 7) is 0.260. The van der Waals surface area contributed by atoms with Crippen LogP contribution in [0.25, 0.3) is 5.69 Å². The summed E-state index contributed by atoms with van der Waals surface area (Å²) in [5.74, 6) is -0.931. The minimum Gasteiger partial charge on any atom is -0.454 e. The van der Waals surface area contributed by atoms with Crippen LogP contribution in [-0.2, 0) is 4.74 Å². The average molecular weight is 434 g/mol. The molecule has 0 unspecified atom stereocenters. The van der Waals surface area contributed by atoms with Crippen molar-refractivity contribution in [2.75, 3.05) is 6.61 Å². The predicted molar refractivity (Wildman–Crippen MR) is 108 cm³/mol. The van der Waals surface area contributed by atoms with Gasteiger partial charge in [0.25, 0.3) is 0 Å². The fourth-order valence-electron chi connectivity index (χ4n) is 3.10. The molecule has 0 atom stereocenters. The molecule has 5 nitrogen and oxygen atoms in total. The van der Waals surface area contributed by atoms with Gasteiger partial charge in [0.15, 0.2) is 6.61 Å². The lowest BCUT2D eigenvalue weighted by Gasteiger charge is -2.11. The van der Waals surface area contributed by atoms with Crippen LogP contribution in [0.5, 0.6) is 5.75 Å². The Morgan fingerprint density at radius 2 is 1.67 bits per heavy atom. The van der Waals surface area contributed by atoms with Gasteiger partial charge in [0.2, 0.25) is 5.78 Å². The van der Waals surface area contributed by atoms with Gasteiger partial charge in [-0.05, 0) is 68.4 Å². The number of halogens is 3. The van der Waals surface area contributed by atoms with Crippen LogP contribution in [0.3, 0.4) is 0 Å². The summed E-state index contributed by atoms with van der Waals surface area (Å²) in [6.07, 6.45) is 0. The first-order valence-corrected chi connectivity index (χ1v) is 9.34. The first kappa shape index (κ1) is 21.5. The Labute approximate surface area is 176 Å². The quantitative estimate of drug-likeness (QED) is 0.370. The molecule has 0 aliphatic heterocycles. The SMILES string of the molecule is Cc1cc(C(=O)COC(=O)c2ccc(Cl)cc2)c(C)n1-c1ccc(OC(F)F)cc1. The van der Waals surface area contributed by atoms with Crippen molar-refractivity contribution in [2.24, 2.45) is 0 Å². The molecule has 2 aromatic carbocycles. The Morgan fingerprint density at radius 3 is 2.27 bits per heavy atom. The summed E-state index contributed by atoms with van der Waals surface area (Å²) >= 11 is 5.79. The number of aromatic nitrogens is 1. The van der Waals surface area contributed by atoms with E-state index in [0.29, 0.717) is 27.5 Å². The second-order valence-corrected chi connectivity index (χ2v) is 6.94. The molecule has 1 heterocycles. The van der Waals surface area contributed by atoms with Gasteiger partial charge >= 0.3 is 12.6 Å². The van der Waals surface area contributed by atoms with E-state index in [-0.39, 0.29) is 11.5 Å². The smallest absolute Gasteiger partial charge is 0.387 e. The van der Waals surface area contributed by atoms with E-state index in [9.17, 15) is 18.4 Å². The fraction of sp³-hybridized carbons (Fsp3) is 0.182. The standard InChI is InChI=1S/C22H18ClF2NO4/c1-13-11-19(20(27)12-29-21(28)15-3-5-16(23)6-4-15)14(2)26(13)17-7-9-18(10-8-17)30-22(24)25/h3-11,22H,12H2,1-2H3. The number of hydrogen-bond acceptors (Lipinski definition) is 4. The highest BCUT2D eigenvalue weighted by atomic mass is 35.5. The molecule has 8 heteroatoms. The molecule has 0 bridgehead atoms. The lowest BCUT2D eigenvalue weighted by atomic mass is 10.1. The molecule has 0 saturated heterocycles. The van der Waals surface area contributed by atoms with E-state index in [1.54, 1.807) is 41.8 Å². The maximum absolute atomic E-state index is 12.6. The highest BCUT2D eigenvalue weighted by molar-refractivity contribution is 6.30. The summed E-state index contributed by atoms with van der Waals surface area (Å²) in [5, 5.41) is 0.490. The van der Waals surface area contributed by atoms with E-state index in [2.05, 4.69) is 4.74 Å². The summed E-state index contributed by atoms with van der Waals surface area (Å²) in [6, 6.07) is 13.9. The second kappa shape index (κ2) is 9.09. The molecular weight excluding hydrogens is 416 g/mol. The van der Waals surface area contributed by atoms with Crippen LogP contribution in [0, 0.1) is 13.8 Å². The van der Waals surface area contributed by atoms with Gasteiger partial charge in [0.1, 0.15) is 5.75 Å². The number of benzene rings is 2. The third kappa shape index (κ3) is 4.86. The monoisotopic (exact) mass is 433 g/mol. The highest BCUT2D eigenvalue weighted by Crippen LogP contribution is 2.24. The Balaban J connectivity index is 1.73. The van der Waals surface area contributed by atoms with Crippen LogP contribution < -0.4 is 4.74 Å². The Morgan fingerprint density at radius 1 is 1.03 bits per heavy atom. The average Bonchev–Trinajstić information content (AvgIpc) is 3.01. The summed E-state index contributed by atoms with van der Waals surface area (Å²) in [4.78, 5) is 24.7. The topological polar surface area (TPSA) is 57.5 Å². The van der Waals surface area contributed by atoms with E-state index in [0.717, 1.165) is 5.69 Å². The molecule has 3 rings (SSSR count). The molecule has 1 aromatic heterocycles. The molecule has 0 amide bonds. The van der Waals surface area contributed by atoms with Gasteiger partial charge in [-0.25, -0.2) is 4.79 Å². The van der Waals surface area contributed by atoms with Gasteiger partial charge in [0, 0.05) is 27.7 Å². The third-order valence-electron chi connectivity index (χ3n) is 4.47. The zero-order valence-electron chi connectivity index (χ0n) is 16.2. The van der Waals surface area contributed by atoms with Crippen LogP contribution >= 0.6 is 11.6 Å². The second-order valence-electron chi connectivity index (χ2n) is 6.50. The van der Waals surface area contributed by atoms with Crippen LogP contribution in [0.15, 0.2) is 54.6 Å². The zero-order valence-corrected chi connectivity index (χ0v) is 17.0. The number of nitrogens with zero attached hydrogens (tertiary/aromatic N) is 1. The number of rotatable bonds is 7. The number of esters is 1. The van der Waals surface area contributed by atoms with Crippen molar-refractivity contribution in [1.82, 2.24) is 4.57 Å². The van der Waals surface area contributed by atoms with Crippen molar-refractivity contribution in [1.29, 1.82) is 0 Å². The van der Waals surface area contributed by atoms with Gasteiger partial charge in [0.05, 0.1) is 5.56 Å². The molecule has 0 spiro atoms. The van der Waals surface area contributed by atoms with Gasteiger partial charge in [-0.2, -0.15) is 8.78 Å². The summed E-state index contributed by atoms with van der Waals surface area (Å²) in [7, 11) is 0. The Kier molecular flexibility index (Phi) is 6.52. The lowest BCUT2D eigenvalue weighted by Crippen LogP contribution is -2.15. The maximum Gasteiger partial charge on any atom is 0.387 e.